The van der Waals surface area contributed by atoms with Crippen molar-refractivity contribution in [3.63, 3.8) is 0 Å². The molecule has 0 unspecified atom stereocenters. The van der Waals surface area contributed by atoms with Crippen molar-refractivity contribution in [3.05, 3.63) is 45.1 Å². The number of aromatic nitrogens is 1. The van der Waals surface area contributed by atoms with E-state index in [1.54, 1.807) is 29.5 Å². The normalized spacial score (nSPS) is 18.0. The van der Waals surface area contributed by atoms with Gasteiger partial charge in [0.15, 0.2) is 0 Å². The van der Waals surface area contributed by atoms with Gasteiger partial charge in [-0.15, -0.1) is 0 Å². The first kappa shape index (κ1) is 23.3. The summed E-state index contributed by atoms with van der Waals surface area (Å²) in [4.78, 5) is 44.1. The molecule has 33 heavy (non-hydrogen) atoms. The molecule has 2 aliphatic heterocycles. The number of carbonyl (C=O) groups is 2. The second kappa shape index (κ2) is 9.56. The van der Waals surface area contributed by atoms with Crippen molar-refractivity contribution in [1.29, 1.82) is 0 Å². The standard InChI is InChI=1S/C23H26N4O4S2/c1-4-27-17-9-7-6-8-15(17)19(25-10-12-26(13-11-25)22(30)31-5-2)16(20(27)28)14-18-21(29)24(3)23(32)33-18/h6-9,14H,4-5,10-13H2,1-3H3. The summed E-state index contributed by atoms with van der Waals surface area (Å²) in [7, 11) is 1.64. The fraction of sp³-hybridized carbons (Fsp3) is 0.391. The highest BCUT2D eigenvalue weighted by molar-refractivity contribution is 8.26. The molecule has 0 N–H and O–H groups in total. The molecule has 0 bridgehead atoms. The van der Waals surface area contributed by atoms with Crippen LogP contribution in [0.4, 0.5) is 10.5 Å². The van der Waals surface area contributed by atoms with Gasteiger partial charge in [0, 0.05) is 45.2 Å². The van der Waals surface area contributed by atoms with Gasteiger partial charge in [-0.1, -0.05) is 42.2 Å². The first-order valence-corrected chi connectivity index (χ1v) is 12.1. The average molecular weight is 487 g/mol. The van der Waals surface area contributed by atoms with E-state index in [2.05, 4.69) is 4.90 Å². The number of aryl methyl sites for hydroxylation is 1. The zero-order chi connectivity index (χ0) is 23.7. The number of pyridine rings is 1. The van der Waals surface area contributed by atoms with E-state index in [1.165, 1.54) is 16.7 Å². The lowest BCUT2D eigenvalue weighted by Crippen LogP contribution is -2.49. The molecular formula is C23H26N4O4S2. The van der Waals surface area contributed by atoms with Crippen molar-refractivity contribution < 1.29 is 14.3 Å². The number of likely N-dealkylation sites (N-methyl/N-ethyl adjacent to an activating group) is 1. The number of fused-ring (bicyclic) bond motifs is 1. The van der Waals surface area contributed by atoms with Gasteiger partial charge in [-0.25, -0.2) is 4.79 Å². The molecule has 3 heterocycles. The predicted octanol–water partition coefficient (Wildman–Crippen LogP) is 3.13. The van der Waals surface area contributed by atoms with Crippen LogP contribution in [-0.2, 0) is 16.1 Å². The van der Waals surface area contributed by atoms with Gasteiger partial charge in [-0.2, -0.15) is 0 Å². The average Bonchev–Trinajstić information content (AvgIpc) is 3.06. The van der Waals surface area contributed by atoms with Crippen LogP contribution < -0.4 is 10.5 Å². The predicted molar refractivity (Wildman–Crippen MR) is 136 cm³/mol. The number of carbonyl (C=O) groups excluding carboxylic acids is 2. The quantitative estimate of drug-likeness (QED) is 0.486. The summed E-state index contributed by atoms with van der Waals surface area (Å²) in [6.45, 7) is 6.63. The van der Waals surface area contributed by atoms with Gasteiger partial charge >= 0.3 is 6.09 Å². The molecule has 0 aliphatic carbocycles. The maximum absolute atomic E-state index is 13.6. The summed E-state index contributed by atoms with van der Waals surface area (Å²) in [5.74, 6) is -0.210. The highest BCUT2D eigenvalue weighted by Gasteiger charge is 2.31. The number of thiocarbonyl (C=S) groups is 1. The molecule has 0 saturated carbocycles. The lowest BCUT2D eigenvalue weighted by molar-refractivity contribution is -0.121. The lowest BCUT2D eigenvalue weighted by Gasteiger charge is -2.37. The third kappa shape index (κ3) is 4.24. The van der Waals surface area contributed by atoms with Crippen LogP contribution in [0.25, 0.3) is 17.0 Å². The topological polar surface area (TPSA) is 75.1 Å². The highest BCUT2D eigenvalue weighted by Crippen LogP contribution is 2.35. The number of para-hydroxylation sites is 1. The van der Waals surface area contributed by atoms with Crippen LogP contribution in [0, 0.1) is 0 Å². The van der Waals surface area contributed by atoms with E-state index in [-0.39, 0.29) is 17.6 Å². The summed E-state index contributed by atoms with van der Waals surface area (Å²) < 4.78 is 7.33. The molecule has 8 nitrogen and oxygen atoms in total. The minimum atomic E-state index is -0.324. The zero-order valence-electron chi connectivity index (χ0n) is 18.9. The number of nitrogens with zero attached hydrogens (tertiary/aromatic N) is 4. The Morgan fingerprint density at radius 1 is 1.15 bits per heavy atom. The monoisotopic (exact) mass is 486 g/mol. The molecule has 2 aliphatic rings. The first-order valence-electron chi connectivity index (χ1n) is 10.9. The molecule has 2 fully saturated rings. The van der Waals surface area contributed by atoms with Crippen molar-refractivity contribution in [2.75, 3.05) is 44.7 Å². The smallest absolute Gasteiger partial charge is 0.409 e. The van der Waals surface area contributed by atoms with Crippen molar-refractivity contribution in [2.45, 2.75) is 20.4 Å². The molecule has 1 aromatic heterocycles. The summed E-state index contributed by atoms with van der Waals surface area (Å²) in [5, 5.41) is 0.932. The van der Waals surface area contributed by atoms with Crippen molar-refractivity contribution in [1.82, 2.24) is 14.4 Å². The number of thioether (sulfide) groups is 1. The highest BCUT2D eigenvalue weighted by atomic mass is 32.2. The Hall–Kier alpha value is -2.85. The number of anilines is 1. The summed E-state index contributed by atoms with van der Waals surface area (Å²) in [5.41, 5.74) is 1.94. The number of ether oxygens (including phenoxy) is 1. The summed E-state index contributed by atoms with van der Waals surface area (Å²) >= 11 is 6.47. The Morgan fingerprint density at radius 2 is 1.85 bits per heavy atom. The van der Waals surface area contributed by atoms with Crippen LogP contribution in [0.2, 0.25) is 0 Å². The van der Waals surface area contributed by atoms with Crippen LogP contribution in [0.3, 0.4) is 0 Å². The first-order chi connectivity index (χ1) is 15.9. The van der Waals surface area contributed by atoms with E-state index in [4.69, 9.17) is 17.0 Å². The molecule has 0 spiro atoms. The number of amides is 2. The van der Waals surface area contributed by atoms with Crippen LogP contribution >= 0.6 is 24.0 Å². The van der Waals surface area contributed by atoms with E-state index in [1.807, 2.05) is 31.2 Å². The van der Waals surface area contributed by atoms with Crippen LogP contribution in [0.15, 0.2) is 34.0 Å². The van der Waals surface area contributed by atoms with Crippen LogP contribution in [0.1, 0.15) is 19.4 Å². The zero-order valence-corrected chi connectivity index (χ0v) is 20.5. The van der Waals surface area contributed by atoms with Crippen LogP contribution in [-0.4, -0.2) is 70.5 Å². The minimum Gasteiger partial charge on any atom is -0.450 e. The summed E-state index contributed by atoms with van der Waals surface area (Å²) in [6, 6.07) is 7.79. The number of benzene rings is 1. The van der Waals surface area contributed by atoms with Gasteiger partial charge < -0.3 is 19.1 Å². The largest absolute Gasteiger partial charge is 0.450 e. The molecule has 174 valence electrons. The van der Waals surface area contributed by atoms with Crippen molar-refractivity contribution >= 4 is 63.0 Å². The Labute approximate surface area is 201 Å². The molecule has 0 atom stereocenters. The number of piperazine rings is 1. The van der Waals surface area contributed by atoms with E-state index < -0.39 is 0 Å². The van der Waals surface area contributed by atoms with E-state index >= 15 is 0 Å². The van der Waals surface area contributed by atoms with Gasteiger partial charge in [0.05, 0.1) is 28.3 Å². The fourth-order valence-corrected chi connectivity index (χ4v) is 5.36. The second-order valence-corrected chi connectivity index (χ2v) is 9.42. The minimum absolute atomic E-state index is 0.152. The van der Waals surface area contributed by atoms with E-state index in [0.717, 1.165) is 16.6 Å². The van der Waals surface area contributed by atoms with E-state index in [9.17, 15) is 14.4 Å². The second-order valence-electron chi connectivity index (χ2n) is 7.74. The third-order valence-corrected chi connectivity index (χ3v) is 7.37. The molecule has 2 saturated heterocycles. The fourth-order valence-electron chi connectivity index (χ4n) is 4.20. The summed E-state index contributed by atoms with van der Waals surface area (Å²) in [6.07, 6.45) is 1.35. The number of hydrogen-bond donors (Lipinski definition) is 0. The number of rotatable bonds is 4. The molecule has 2 amide bonds. The molecule has 10 heteroatoms. The van der Waals surface area contributed by atoms with E-state index in [0.29, 0.717) is 54.1 Å². The molecule has 4 rings (SSSR count). The Bertz CT molecular complexity index is 1210. The van der Waals surface area contributed by atoms with Crippen molar-refractivity contribution in [2.24, 2.45) is 0 Å². The van der Waals surface area contributed by atoms with Gasteiger partial charge in [-0.05, 0) is 26.0 Å². The van der Waals surface area contributed by atoms with Crippen molar-refractivity contribution in [3.8, 4) is 0 Å². The molecule has 1 aromatic carbocycles. The SMILES string of the molecule is CCOC(=O)N1CCN(c2c(C=C3SC(=S)N(C)C3=O)c(=O)n(CC)c3ccccc23)CC1. The maximum Gasteiger partial charge on any atom is 0.409 e. The van der Waals surface area contributed by atoms with Crippen LogP contribution in [0.5, 0.6) is 0 Å². The maximum atomic E-state index is 13.6. The lowest BCUT2D eigenvalue weighted by atomic mass is 10.1. The van der Waals surface area contributed by atoms with Gasteiger partial charge in [0.1, 0.15) is 4.32 Å². The number of hydrogen-bond acceptors (Lipinski definition) is 7. The third-order valence-electron chi connectivity index (χ3n) is 5.88. The van der Waals surface area contributed by atoms with Gasteiger partial charge in [0.25, 0.3) is 11.5 Å². The molecular weight excluding hydrogens is 460 g/mol. The van der Waals surface area contributed by atoms with Gasteiger partial charge in [0.2, 0.25) is 0 Å². The molecule has 2 aromatic rings. The Morgan fingerprint density at radius 3 is 2.45 bits per heavy atom. The molecule has 0 radical (unpaired) electrons. The Balaban J connectivity index is 1.84. The van der Waals surface area contributed by atoms with Gasteiger partial charge in [-0.3, -0.25) is 14.5 Å². The Kier molecular flexibility index (Phi) is 6.76.